The molecule has 1 amide bonds. The lowest BCUT2D eigenvalue weighted by atomic mass is 9.98. The van der Waals surface area contributed by atoms with Crippen molar-refractivity contribution in [1.82, 2.24) is 5.32 Å². The number of nitrogens with one attached hydrogen (secondary N) is 1. The van der Waals surface area contributed by atoms with Crippen molar-refractivity contribution in [2.45, 2.75) is 23.8 Å². The second-order valence-electron chi connectivity index (χ2n) is 8.90. The van der Waals surface area contributed by atoms with Crippen molar-refractivity contribution in [3.63, 3.8) is 0 Å². The van der Waals surface area contributed by atoms with Gasteiger partial charge in [0.05, 0.1) is 18.8 Å². The second kappa shape index (κ2) is 10.5. The van der Waals surface area contributed by atoms with Gasteiger partial charge in [-0.1, -0.05) is 78.9 Å². The number of ether oxygens (including phenoxy) is 1. The molecular weight excluding hydrogens is 484 g/mol. The van der Waals surface area contributed by atoms with Gasteiger partial charge in [0.15, 0.2) is 0 Å². The third-order valence-electron chi connectivity index (χ3n) is 6.60. The van der Waals surface area contributed by atoms with E-state index in [1.54, 1.807) is 6.07 Å². The fraction of sp³-hybridized carbons (Fsp3) is 0.167. The van der Waals surface area contributed by atoms with Crippen molar-refractivity contribution in [2.24, 2.45) is 0 Å². The molecule has 4 aromatic carbocycles. The predicted molar refractivity (Wildman–Crippen MR) is 144 cm³/mol. The molecule has 1 N–H and O–H groups in total. The average Bonchev–Trinajstić information content (AvgIpc) is 2.96. The van der Waals surface area contributed by atoms with Gasteiger partial charge in [0, 0.05) is 12.1 Å². The zero-order valence-corrected chi connectivity index (χ0v) is 21.3. The van der Waals surface area contributed by atoms with Crippen LogP contribution in [-0.4, -0.2) is 28.0 Å². The fourth-order valence-electron chi connectivity index (χ4n) is 4.75. The number of aryl methyl sites for hydroxylation is 1. The minimum atomic E-state index is -3.98. The van der Waals surface area contributed by atoms with E-state index in [1.807, 2.05) is 84.9 Å². The Bertz CT molecular complexity index is 1470. The minimum absolute atomic E-state index is 0.0321. The van der Waals surface area contributed by atoms with Crippen LogP contribution in [0.25, 0.3) is 0 Å². The van der Waals surface area contributed by atoms with E-state index in [-0.39, 0.29) is 22.1 Å². The Hall–Kier alpha value is -4.10. The highest BCUT2D eigenvalue weighted by atomic mass is 32.2. The molecule has 0 radical (unpaired) electrons. The first-order valence-corrected chi connectivity index (χ1v) is 13.6. The second-order valence-corrected chi connectivity index (χ2v) is 10.7. The van der Waals surface area contributed by atoms with Gasteiger partial charge < -0.3 is 10.1 Å². The Morgan fingerprint density at radius 1 is 0.865 bits per heavy atom. The van der Waals surface area contributed by atoms with Crippen molar-refractivity contribution in [3.05, 3.63) is 125 Å². The highest BCUT2D eigenvalue weighted by molar-refractivity contribution is 7.93. The Morgan fingerprint density at radius 2 is 1.49 bits per heavy atom. The molecule has 0 aliphatic carbocycles. The van der Waals surface area contributed by atoms with Crippen molar-refractivity contribution in [1.29, 1.82) is 0 Å². The van der Waals surface area contributed by atoms with Crippen molar-refractivity contribution in [3.8, 4) is 5.75 Å². The number of rotatable bonds is 7. The van der Waals surface area contributed by atoms with E-state index >= 15 is 0 Å². The van der Waals surface area contributed by atoms with Crippen LogP contribution in [0.1, 0.15) is 39.5 Å². The van der Waals surface area contributed by atoms with Gasteiger partial charge in [-0.25, -0.2) is 8.42 Å². The monoisotopic (exact) mass is 512 g/mol. The maximum absolute atomic E-state index is 13.9. The van der Waals surface area contributed by atoms with Crippen molar-refractivity contribution < 1.29 is 17.9 Å². The quantitative estimate of drug-likeness (QED) is 0.362. The molecule has 0 unspecified atom stereocenters. The zero-order chi connectivity index (χ0) is 25.8. The summed E-state index contributed by atoms with van der Waals surface area (Å²) in [5.41, 5.74) is 3.74. The number of carbonyl (C=O) groups excluding carboxylic acids is 1. The van der Waals surface area contributed by atoms with Gasteiger partial charge in [-0.15, -0.1) is 0 Å². The van der Waals surface area contributed by atoms with Crippen LogP contribution in [0.3, 0.4) is 0 Å². The van der Waals surface area contributed by atoms with Crippen LogP contribution >= 0.6 is 0 Å². The van der Waals surface area contributed by atoms with Gasteiger partial charge in [0.2, 0.25) is 0 Å². The Balaban J connectivity index is 1.51. The molecule has 0 aromatic heterocycles. The third kappa shape index (κ3) is 4.95. The van der Waals surface area contributed by atoms with Crippen LogP contribution in [0.4, 0.5) is 5.69 Å². The van der Waals surface area contributed by atoms with E-state index in [9.17, 15) is 13.2 Å². The number of nitrogens with zero attached hydrogens (tertiary/aromatic N) is 1. The van der Waals surface area contributed by atoms with Crippen LogP contribution in [-0.2, 0) is 16.4 Å². The van der Waals surface area contributed by atoms with Gasteiger partial charge in [-0.3, -0.25) is 9.10 Å². The summed E-state index contributed by atoms with van der Waals surface area (Å²) >= 11 is 0. The summed E-state index contributed by atoms with van der Waals surface area (Å²) in [6.07, 6.45) is 1.54. The van der Waals surface area contributed by atoms with E-state index in [1.165, 1.54) is 23.5 Å². The lowest BCUT2D eigenvalue weighted by Gasteiger charge is -2.31. The van der Waals surface area contributed by atoms with Crippen molar-refractivity contribution in [2.75, 3.05) is 18.0 Å². The van der Waals surface area contributed by atoms with Gasteiger partial charge >= 0.3 is 0 Å². The van der Waals surface area contributed by atoms with Gasteiger partial charge in [-0.2, -0.15) is 0 Å². The van der Waals surface area contributed by atoms with Crippen LogP contribution in [0.5, 0.6) is 5.75 Å². The maximum atomic E-state index is 13.9. The van der Waals surface area contributed by atoms with Crippen LogP contribution in [0.2, 0.25) is 0 Å². The first kappa shape index (κ1) is 24.6. The van der Waals surface area contributed by atoms with Crippen LogP contribution in [0.15, 0.2) is 108 Å². The van der Waals surface area contributed by atoms with E-state index in [0.29, 0.717) is 18.7 Å². The minimum Gasteiger partial charge on any atom is -0.495 e. The number of amides is 1. The van der Waals surface area contributed by atoms with Crippen molar-refractivity contribution >= 4 is 21.6 Å². The molecule has 5 rings (SSSR count). The Kier molecular flexibility index (Phi) is 6.97. The highest BCUT2D eigenvalue weighted by Crippen LogP contribution is 2.35. The number of hydrogen-bond acceptors (Lipinski definition) is 4. The molecule has 6 nitrogen and oxygen atoms in total. The topological polar surface area (TPSA) is 75.7 Å². The molecule has 0 saturated heterocycles. The molecule has 37 heavy (non-hydrogen) atoms. The zero-order valence-electron chi connectivity index (χ0n) is 20.5. The number of hydrogen-bond donors (Lipinski definition) is 1. The number of sulfonamides is 1. The molecule has 1 heterocycles. The van der Waals surface area contributed by atoms with E-state index in [2.05, 4.69) is 5.32 Å². The lowest BCUT2D eigenvalue weighted by molar-refractivity contribution is 0.0942. The summed E-state index contributed by atoms with van der Waals surface area (Å²) in [4.78, 5) is 13.5. The van der Waals surface area contributed by atoms with E-state index < -0.39 is 16.1 Å². The molecule has 0 bridgehead atoms. The molecule has 0 saturated carbocycles. The van der Waals surface area contributed by atoms with Gasteiger partial charge in [0.1, 0.15) is 10.6 Å². The molecule has 4 aromatic rings. The molecule has 0 spiro atoms. The highest BCUT2D eigenvalue weighted by Gasteiger charge is 2.32. The number of para-hydroxylation sites is 1. The Labute approximate surface area is 217 Å². The molecule has 1 aliphatic heterocycles. The number of methoxy groups -OCH3 is 1. The summed E-state index contributed by atoms with van der Waals surface area (Å²) in [7, 11) is -2.55. The molecule has 0 atom stereocenters. The van der Waals surface area contributed by atoms with Gasteiger partial charge in [-0.05, 0) is 53.8 Å². The first-order valence-electron chi connectivity index (χ1n) is 12.2. The molecule has 188 valence electrons. The Morgan fingerprint density at radius 3 is 2.14 bits per heavy atom. The molecule has 7 heteroatoms. The van der Waals surface area contributed by atoms with E-state index in [0.717, 1.165) is 23.1 Å². The standard InChI is InChI=1S/C30H28N2O4S/c1-36-27-19-18-25(21-28(27)37(34,35)32-20-10-16-22-11-8-9-17-26(22)32)30(33)31-29(23-12-4-2-5-13-23)24-14-6-3-7-15-24/h2-9,11-15,17-19,21,29H,10,16,20H2,1H3,(H,31,33). The summed E-state index contributed by atoms with van der Waals surface area (Å²) in [5, 5.41) is 3.09. The smallest absolute Gasteiger partial charge is 0.268 e. The third-order valence-corrected chi connectivity index (χ3v) is 8.44. The molecular formula is C30H28N2O4S. The molecule has 1 aliphatic rings. The lowest BCUT2D eigenvalue weighted by Crippen LogP contribution is -2.36. The fourth-order valence-corrected chi connectivity index (χ4v) is 6.48. The largest absolute Gasteiger partial charge is 0.495 e. The summed E-state index contributed by atoms with van der Waals surface area (Å²) in [6.45, 7) is 0.364. The normalized spacial score (nSPS) is 13.2. The average molecular weight is 513 g/mol. The predicted octanol–water partition coefficient (Wildman–Crippen LogP) is 5.36. The molecule has 0 fully saturated rings. The number of benzene rings is 4. The van der Waals surface area contributed by atoms with E-state index in [4.69, 9.17) is 4.74 Å². The number of anilines is 1. The van der Waals surface area contributed by atoms with Crippen LogP contribution < -0.4 is 14.4 Å². The summed E-state index contributed by atoms with van der Waals surface area (Å²) < 4.78 is 34.6. The summed E-state index contributed by atoms with van der Waals surface area (Å²) in [6, 6.07) is 31.0. The number of fused-ring (bicyclic) bond motifs is 1. The van der Waals surface area contributed by atoms with Gasteiger partial charge in [0.25, 0.3) is 15.9 Å². The first-order chi connectivity index (χ1) is 18.0. The van der Waals surface area contributed by atoms with Crippen LogP contribution in [0, 0.1) is 0 Å². The summed E-state index contributed by atoms with van der Waals surface area (Å²) in [5.74, 6) is -0.182. The number of carbonyl (C=O) groups is 1. The maximum Gasteiger partial charge on any atom is 0.268 e. The SMILES string of the molecule is COc1ccc(C(=O)NC(c2ccccc2)c2ccccc2)cc1S(=O)(=O)N1CCCc2ccccc21.